The third-order valence-corrected chi connectivity index (χ3v) is 9.22. The number of esters is 1. The van der Waals surface area contributed by atoms with E-state index in [1.807, 2.05) is 19.1 Å². The Balaban J connectivity index is 1.43. The van der Waals surface area contributed by atoms with Gasteiger partial charge in [0.1, 0.15) is 5.75 Å². The van der Waals surface area contributed by atoms with Crippen molar-refractivity contribution in [1.82, 2.24) is 14.2 Å². The van der Waals surface area contributed by atoms with Crippen LogP contribution in [0.3, 0.4) is 0 Å². The molecular weight excluding hydrogens is 484 g/mol. The van der Waals surface area contributed by atoms with Crippen LogP contribution in [-0.2, 0) is 10.0 Å². The molecule has 3 aromatic rings. The number of carbonyl (C=O) groups is 1. The van der Waals surface area contributed by atoms with Crippen molar-refractivity contribution in [3.8, 4) is 5.75 Å². The number of likely N-dealkylation sites (N-methyl/N-ethyl adjacent to an activating group) is 1. The lowest BCUT2D eigenvalue weighted by Crippen LogP contribution is -2.46. The number of rotatable bonds is 9. The number of fused-ring (bicyclic) bond motifs is 1. The molecule has 0 atom stereocenters. The number of ether oxygens (including phenoxy) is 1. The van der Waals surface area contributed by atoms with Crippen molar-refractivity contribution in [2.45, 2.75) is 31.6 Å². The van der Waals surface area contributed by atoms with E-state index in [0.717, 1.165) is 60.9 Å². The SMILES string of the molecule is CCCCN(C)S(=O)(=O)c1ccc(C(=O)Oc2ccc3nc(N4CCN(CC)CC4)sc3c2)cc1. The number of aromatic nitrogens is 1. The number of hydrogen-bond donors (Lipinski definition) is 0. The quantitative estimate of drug-likeness (QED) is 0.313. The van der Waals surface area contributed by atoms with Crippen molar-refractivity contribution in [2.24, 2.45) is 0 Å². The average molecular weight is 517 g/mol. The number of benzene rings is 2. The first-order chi connectivity index (χ1) is 16.8. The molecule has 2 aromatic carbocycles. The van der Waals surface area contributed by atoms with Crippen LogP contribution in [0, 0.1) is 0 Å². The van der Waals surface area contributed by atoms with Gasteiger partial charge in [-0.15, -0.1) is 0 Å². The monoisotopic (exact) mass is 516 g/mol. The van der Waals surface area contributed by atoms with E-state index in [9.17, 15) is 13.2 Å². The van der Waals surface area contributed by atoms with Gasteiger partial charge < -0.3 is 14.5 Å². The van der Waals surface area contributed by atoms with Crippen LogP contribution in [0.4, 0.5) is 5.13 Å². The van der Waals surface area contributed by atoms with Gasteiger partial charge in [0, 0.05) is 45.8 Å². The van der Waals surface area contributed by atoms with Crippen molar-refractivity contribution >= 4 is 42.7 Å². The molecule has 0 amide bonds. The molecule has 0 spiro atoms. The van der Waals surface area contributed by atoms with Gasteiger partial charge in [-0.25, -0.2) is 22.5 Å². The van der Waals surface area contributed by atoms with Gasteiger partial charge in [0.15, 0.2) is 5.13 Å². The molecule has 0 unspecified atom stereocenters. The summed E-state index contributed by atoms with van der Waals surface area (Å²) in [6.45, 7) is 9.69. The largest absolute Gasteiger partial charge is 0.423 e. The summed E-state index contributed by atoms with van der Waals surface area (Å²) >= 11 is 1.60. The molecule has 1 saturated heterocycles. The summed E-state index contributed by atoms with van der Waals surface area (Å²) in [6, 6.07) is 11.3. The van der Waals surface area contributed by atoms with Crippen LogP contribution >= 0.6 is 11.3 Å². The second-order valence-corrected chi connectivity index (χ2v) is 11.7. The summed E-state index contributed by atoms with van der Waals surface area (Å²) in [5, 5.41) is 0.986. The van der Waals surface area contributed by atoms with E-state index < -0.39 is 16.0 Å². The fourth-order valence-corrected chi connectivity index (χ4v) is 6.21. The first-order valence-electron chi connectivity index (χ1n) is 12.0. The summed E-state index contributed by atoms with van der Waals surface area (Å²) in [5.74, 6) is -0.0995. The number of piperazine rings is 1. The molecule has 35 heavy (non-hydrogen) atoms. The number of nitrogens with zero attached hydrogens (tertiary/aromatic N) is 4. The Bertz CT molecular complexity index is 1270. The Morgan fingerprint density at radius 3 is 2.46 bits per heavy atom. The minimum absolute atomic E-state index is 0.158. The summed E-state index contributed by atoms with van der Waals surface area (Å²) in [7, 11) is -2.01. The Morgan fingerprint density at radius 1 is 1.09 bits per heavy atom. The number of sulfonamides is 1. The zero-order valence-electron chi connectivity index (χ0n) is 20.4. The van der Waals surface area contributed by atoms with Crippen LogP contribution in [0.15, 0.2) is 47.4 Å². The van der Waals surface area contributed by atoms with E-state index >= 15 is 0 Å². The minimum Gasteiger partial charge on any atom is -0.423 e. The van der Waals surface area contributed by atoms with Gasteiger partial charge >= 0.3 is 5.97 Å². The van der Waals surface area contributed by atoms with Gasteiger partial charge in [0.05, 0.1) is 20.7 Å². The second kappa shape index (κ2) is 11.0. The van der Waals surface area contributed by atoms with Gasteiger partial charge in [0.25, 0.3) is 0 Å². The number of hydrogen-bond acceptors (Lipinski definition) is 8. The van der Waals surface area contributed by atoms with E-state index in [-0.39, 0.29) is 4.90 Å². The lowest BCUT2D eigenvalue weighted by molar-refractivity contribution is 0.0735. The van der Waals surface area contributed by atoms with Crippen molar-refractivity contribution in [3.05, 3.63) is 48.0 Å². The fourth-order valence-electron chi connectivity index (χ4n) is 3.96. The molecule has 1 aliphatic heterocycles. The molecule has 0 bridgehead atoms. The van der Waals surface area contributed by atoms with E-state index in [2.05, 4.69) is 16.7 Å². The molecule has 0 N–H and O–H groups in total. The second-order valence-electron chi connectivity index (χ2n) is 8.64. The molecule has 0 radical (unpaired) electrons. The fraction of sp³-hybridized carbons (Fsp3) is 0.440. The Kier molecular flexibility index (Phi) is 8.05. The van der Waals surface area contributed by atoms with E-state index in [0.29, 0.717) is 17.9 Å². The van der Waals surface area contributed by atoms with E-state index in [1.165, 1.54) is 28.6 Å². The molecule has 1 aliphatic rings. The van der Waals surface area contributed by atoms with Crippen molar-refractivity contribution < 1.29 is 17.9 Å². The Hall–Kier alpha value is -2.53. The van der Waals surface area contributed by atoms with E-state index in [1.54, 1.807) is 24.5 Å². The molecule has 188 valence electrons. The Morgan fingerprint density at radius 2 is 1.80 bits per heavy atom. The lowest BCUT2D eigenvalue weighted by atomic mass is 10.2. The molecular formula is C25H32N4O4S2. The van der Waals surface area contributed by atoms with Crippen LogP contribution in [0.2, 0.25) is 0 Å². The molecule has 0 aliphatic carbocycles. The third-order valence-electron chi connectivity index (χ3n) is 6.27. The minimum atomic E-state index is -3.58. The predicted octanol–water partition coefficient (Wildman–Crippen LogP) is 4.08. The van der Waals surface area contributed by atoms with E-state index in [4.69, 9.17) is 9.72 Å². The van der Waals surface area contributed by atoms with Crippen LogP contribution < -0.4 is 9.64 Å². The van der Waals surface area contributed by atoms with Gasteiger partial charge in [0.2, 0.25) is 10.0 Å². The molecule has 4 rings (SSSR count). The van der Waals surface area contributed by atoms with Gasteiger partial charge in [-0.2, -0.15) is 0 Å². The van der Waals surface area contributed by atoms with Crippen LogP contribution in [-0.4, -0.2) is 74.9 Å². The highest BCUT2D eigenvalue weighted by Crippen LogP contribution is 2.32. The van der Waals surface area contributed by atoms with Gasteiger partial charge in [-0.05, 0) is 49.4 Å². The standard InChI is InChI=1S/C25H32N4O4S2/c1-4-6-13-27(3)35(31,32)21-10-7-19(8-11-21)24(30)33-20-9-12-22-23(18-20)34-25(26-22)29-16-14-28(5-2)15-17-29/h7-12,18H,4-6,13-17H2,1-3H3. The molecule has 1 aromatic heterocycles. The maximum atomic E-state index is 12.7. The highest BCUT2D eigenvalue weighted by Gasteiger charge is 2.22. The van der Waals surface area contributed by atoms with Crippen LogP contribution in [0.1, 0.15) is 37.0 Å². The number of anilines is 1. The number of carbonyl (C=O) groups excluding carboxylic acids is 1. The molecule has 8 nitrogen and oxygen atoms in total. The number of thiazole rings is 1. The summed E-state index contributed by atoms with van der Waals surface area (Å²) in [4.78, 5) is 22.3. The number of unbranched alkanes of at least 4 members (excludes halogenated alkanes) is 1. The van der Waals surface area contributed by atoms with Crippen LogP contribution in [0.25, 0.3) is 10.2 Å². The molecule has 2 heterocycles. The first-order valence-corrected chi connectivity index (χ1v) is 14.2. The summed E-state index contributed by atoms with van der Waals surface area (Å²) in [5.41, 5.74) is 1.17. The molecule has 10 heteroatoms. The lowest BCUT2D eigenvalue weighted by Gasteiger charge is -2.33. The summed E-state index contributed by atoms with van der Waals surface area (Å²) in [6.07, 6.45) is 1.70. The molecule has 0 saturated carbocycles. The topological polar surface area (TPSA) is 83.0 Å². The summed E-state index contributed by atoms with van der Waals surface area (Å²) < 4.78 is 33.2. The predicted molar refractivity (Wildman–Crippen MR) is 140 cm³/mol. The molecule has 1 fully saturated rings. The highest BCUT2D eigenvalue weighted by atomic mass is 32.2. The zero-order chi connectivity index (χ0) is 25.0. The average Bonchev–Trinajstić information content (AvgIpc) is 3.30. The van der Waals surface area contributed by atoms with Gasteiger partial charge in [-0.3, -0.25) is 0 Å². The van der Waals surface area contributed by atoms with Crippen molar-refractivity contribution in [2.75, 3.05) is 51.2 Å². The smallest absolute Gasteiger partial charge is 0.343 e. The maximum absolute atomic E-state index is 12.7. The maximum Gasteiger partial charge on any atom is 0.343 e. The van der Waals surface area contributed by atoms with Gasteiger partial charge in [-0.1, -0.05) is 31.6 Å². The first kappa shape index (κ1) is 25.6. The van der Waals surface area contributed by atoms with Crippen molar-refractivity contribution in [1.29, 1.82) is 0 Å². The van der Waals surface area contributed by atoms with Crippen LogP contribution in [0.5, 0.6) is 5.75 Å². The zero-order valence-corrected chi connectivity index (χ0v) is 22.1. The third kappa shape index (κ3) is 5.83. The highest BCUT2D eigenvalue weighted by molar-refractivity contribution is 7.89. The van der Waals surface area contributed by atoms with Crippen molar-refractivity contribution in [3.63, 3.8) is 0 Å². The Labute approximate surface area is 211 Å². The normalized spacial score (nSPS) is 15.1.